The minimum absolute atomic E-state index is 0.0486. The molecule has 0 fully saturated rings. The van der Waals surface area contributed by atoms with Gasteiger partial charge in [-0.2, -0.15) is 13.2 Å². The summed E-state index contributed by atoms with van der Waals surface area (Å²) in [5.41, 5.74) is -0.819. The van der Waals surface area contributed by atoms with E-state index in [1.807, 2.05) is 0 Å². The summed E-state index contributed by atoms with van der Waals surface area (Å²) in [6, 6.07) is 15.7. The van der Waals surface area contributed by atoms with Crippen LogP contribution in [0.15, 0.2) is 66.7 Å². The summed E-state index contributed by atoms with van der Waals surface area (Å²) in [6.45, 7) is 0. The zero-order chi connectivity index (χ0) is 21.7. The van der Waals surface area contributed by atoms with Crippen molar-refractivity contribution in [2.45, 2.75) is 6.18 Å². The second kappa shape index (κ2) is 8.77. The molecule has 0 saturated heterocycles. The van der Waals surface area contributed by atoms with Gasteiger partial charge in [-0.25, -0.2) is 0 Å². The summed E-state index contributed by atoms with van der Waals surface area (Å²) >= 11 is 0. The molecule has 30 heavy (non-hydrogen) atoms. The summed E-state index contributed by atoms with van der Waals surface area (Å²) < 4.78 is 55.5. The monoisotopic (exact) mass is 417 g/mol. The molecule has 0 aromatic heterocycles. The van der Waals surface area contributed by atoms with Gasteiger partial charge < -0.3 is 19.5 Å². The summed E-state index contributed by atoms with van der Waals surface area (Å²) in [7, 11) is 2.93. The van der Waals surface area contributed by atoms with E-state index in [4.69, 9.17) is 14.2 Å². The highest BCUT2D eigenvalue weighted by Crippen LogP contribution is 2.37. The second-order valence-electron chi connectivity index (χ2n) is 6.18. The lowest BCUT2D eigenvalue weighted by Crippen LogP contribution is -2.14. The van der Waals surface area contributed by atoms with Gasteiger partial charge in [0.25, 0.3) is 5.91 Å². The third-order valence-electron chi connectivity index (χ3n) is 4.16. The van der Waals surface area contributed by atoms with Crippen LogP contribution < -0.4 is 19.5 Å². The summed E-state index contributed by atoms with van der Waals surface area (Å²) in [5, 5.41) is 2.49. The first-order valence-electron chi connectivity index (χ1n) is 8.78. The van der Waals surface area contributed by atoms with Gasteiger partial charge >= 0.3 is 6.18 Å². The van der Waals surface area contributed by atoms with Crippen LogP contribution in [0.25, 0.3) is 0 Å². The average molecular weight is 417 g/mol. The fourth-order valence-electron chi connectivity index (χ4n) is 2.64. The van der Waals surface area contributed by atoms with Crippen molar-refractivity contribution < 1.29 is 32.2 Å². The molecule has 0 aliphatic rings. The summed E-state index contributed by atoms with van der Waals surface area (Å²) in [4.78, 5) is 12.6. The summed E-state index contributed by atoms with van der Waals surface area (Å²) in [5.74, 6) is 0.739. The molecule has 0 atom stereocenters. The van der Waals surface area contributed by atoms with Crippen LogP contribution in [0, 0.1) is 0 Å². The Hall–Kier alpha value is -3.68. The van der Waals surface area contributed by atoms with E-state index in [9.17, 15) is 18.0 Å². The Morgan fingerprint density at radius 1 is 0.833 bits per heavy atom. The van der Waals surface area contributed by atoms with Crippen LogP contribution in [0.4, 0.5) is 18.9 Å². The van der Waals surface area contributed by atoms with Crippen molar-refractivity contribution in [3.63, 3.8) is 0 Å². The number of alkyl halides is 3. The van der Waals surface area contributed by atoms with Gasteiger partial charge in [-0.1, -0.05) is 12.1 Å². The van der Waals surface area contributed by atoms with Gasteiger partial charge in [0, 0.05) is 11.6 Å². The molecule has 5 nitrogen and oxygen atoms in total. The van der Waals surface area contributed by atoms with Gasteiger partial charge in [0.2, 0.25) is 0 Å². The zero-order valence-electron chi connectivity index (χ0n) is 16.1. The molecule has 3 rings (SSSR count). The number of ether oxygens (including phenoxy) is 3. The Bertz CT molecular complexity index is 1050. The van der Waals surface area contributed by atoms with Crippen molar-refractivity contribution in [2.24, 2.45) is 0 Å². The molecule has 0 radical (unpaired) electrons. The number of carbonyl (C=O) groups is 1. The van der Waals surface area contributed by atoms with E-state index in [0.717, 1.165) is 18.2 Å². The molecule has 1 amide bonds. The van der Waals surface area contributed by atoms with Gasteiger partial charge in [0.05, 0.1) is 25.5 Å². The highest BCUT2D eigenvalue weighted by Gasteiger charge is 2.31. The molecule has 0 heterocycles. The van der Waals surface area contributed by atoms with Crippen molar-refractivity contribution >= 4 is 11.6 Å². The molecule has 3 aromatic rings. The van der Waals surface area contributed by atoms with Crippen LogP contribution in [-0.2, 0) is 6.18 Å². The highest BCUT2D eigenvalue weighted by molar-refractivity contribution is 6.05. The number of benzene rings is 3. The number of hydrogen-bond donors (Lipinski definition) is 1. The topological polar surface area (TPSA) is 56.8 Å². The fraction of sp³-hybridized carbons (Fsp3) is 0.136. The smallest absolute Gasteiger partial charge is 0.416 e. The van der Waals surface area contributed by atoms with Crippen LogP contribution in [0.1, 0.15) is 15.9 Å². The predicted molar refractivity (Wildman–Crippen MR) is 105 cm³/mol. The predicted octanol–water partition coefficient (Wildman–Crippen LogP) is 5.77. The number of rotatable bonds is 6. The number of methoxy groups -OCH3 is 2. The molecule has 156 valence electrons. The molecule has 0 unspecified atom stereocenters. The van der Waals surface area contributed by atoms with Crippen LogP contribution in [-0.4, -0.2) is 20.1 Å². The van der Waals surface area contributed by atoms with Gasteiger partial charge in [0.1, 0.15) is 17.2 Å². The van der Waals surface area contributed by atoms with Crippen LogP contribution in [0.2, 0.25) is 0 Å². The minimum Gasteiger partial charge on any atom is -0.497 e. The SMILES string of the molecule is COc1cccc(Oc2ccc(C(F)(F)F)cc2NC(=O)c2cccc(OC)c2)c1. The molecule has 0 aliphatic heterocycles. The van der Waals surface area contributed by atoms with Crippen LogP contribution >= 0.6 is 0 Å². The van der Waals surface area contributed by atoms with Crippen LogP contribution in [0.3, 0.4) is 0 Å². The van der Waals surface area contributed by atoms with Crippen molar-refractivity contribution in [3.05, 3.63) is 77.9 Å². The first kappa shape index (κ1) is 21.0. The molecule has 0 saturated carbocycles. The van der Waals surface area contributed by atoms with Crippen molar-refractivity contribution in [2.75, 3.05) is 19.5 Å². The van der Waals surface area contributed by atoms with Gasteiger partial charge in [-0.15, -0.1) is 0 Å². The number of carbonyl (C=O) groups excluding carboxylic acids is 1. The Balaban J connectivity index is 1.95. The number of hydrogen-bond acceptors (Lipinski definition) is 4. The maximum Gasteiger partial charge on any atom is 0.416 e. The van der Waals surface area contributed by atoms with E-state index in [2.05, 4.69) is 5.32 Å². The standard InChI is InChI=1S/C22H18F3NO4/c1-28-16-6-3-5-14(11-16)21(27)26-19-12-15(22(23,24)25)9-10-20(19)30-18-8-4-7-17(13-18)29-2/h3-13H,1-2H3,(H,26,27). The number of anilines is 1. The highest BCUT2D eigenvalue weighted by atomic mass is 19.4. The van der Waals surface area contributed by atoms with Crippen molar-refractivity contribution in [3.8, 4) is 23.0 Å². The first-order chi connectivity index (χ1) is 14.3. The first-order valence-corrected chi connectivity index (χ1v) is 8.78. The molecule has 0 aliphatic carbocycles. The van der Waals surface area contributed by atoms with E-state index in [0.29, 0.717) is 17.2 Å². The Labute approximate surface area is 171 Å². The number of nitrogens with one attached hydrogen (secondary N) is 1. The molecule has 3 aromatic carbocycles. The van der Waals surface area contributed by atoms with Gasteiger partial charge in [0.15, 0.2) is 5.75 Å². The number of halogens is 3. The fourth-order valence-corrected chi connectivity index (χ4v) is 2.64. The van der Waals surface area contributed by atoms with E-state index >= 15 is 0 Å². The minimum atomic E-state index is -4.58. The Morgan fingerprint density at radius 2 is 1.47 bits per heavy atom. The molecular weight excluding hydrogens is 399 g/mol. The second-order valence-corrected chi connectivity index (χ2v) is 6.18. The van der Waals surface area contributed by atoms with E-state index in [-0.39, 0.29) is 17.0 Å². The van der Waals surface area contributed by atoms with Gasteiger partial charge in [-0.3, -0.25) is 4.79 Å². The lowest BCUT2D eigenvalue weighted by atomic mass is 10.1. The molecule has 0 bridgehead atoms. The van der Waals surface area contributed by atoms with Crippen molar-refractivity contribution in [1.82, 2.24) is 0 Å². The van der Waals surface area contributed by atoms with Crippen LogP contribution in [0.5, 0.6) is 23.0 Å². The maximum absolute atomic E-state index is 13.2. The molecule has 0 spiro atoms. The van der Waals surface area contributed by atoms with E-state index in [1.54, 1.807) is 36.4 Å². The Morgan fingerprint density at radius 3 is 2.13 bits per heavy atom. The molecule has 1 N–H and O–H groups in total. The number of amides is 1. The van der Waals surface area contributed by atoms with E-state index < -0.39 is 17.6 Å². The quantitative estimate of drug-likeness (QED) is 0.554. The van der Waals surface area contributed by atoms with E-state index in [1.165, 1.54) is 26.4 Å². The molecular formula is C22H18F3NO4. The third kappa shape index (κ3) is 5.02. The third-order valence-corrected chi connectivity index (χ3v) is 4.16. The largest absolute Gasteiger partial charge is 0.497 e. The maximum atomic E-state index is 13.2. The normalized spacial score (nSPS) is 11.0. The lowest BCUT2D eigenvalue weighted by molar-refractivity contribution is -0.137. The average Bonchev–Trinajstić information content (AvgIpc) is 2.74. The summed E-state index contributed by atoms with van der Waals surface area (Å²) in [6.07, 6.45) is -4.58. The lowest BCUT2D eigenvalue weighted by Gasteiger charge is -2.16. The van der Waals surface area contributed by atoms with Crippen molar-refractivity contribution in [1.29, 1.82) is 0 Å². The Kier molecular flexibility index (Phi) is 6.15. The molecule has 8 heteroatoms. The zero-order valence-corrected chi connectivity index (χ0v) is 16.1. The van der Waals surface area contributed by atoms with Gasteiger partial charge in [-0.05, 0) is 48.5 Å².